The third-order valence-corrected chi connectivity index (χ3v) is 1.92. The summed E-state index contributed by atoms with van der Waals surface area (Å²) in [6.45, 7) is 6.40. The van der Waals surface area contributed by atoms with E-state index in [2.05, 4.69) is 15.6 Å². The number of aliphatic imine (C=N–C) groups is 1. The Morgan fingerprint density at radius 3 is 2.87 bits per heavy atom. The Balaban J connectivity index is 2.79. The van der Waals surface area contributed by atoms with Crippen molar-refractivity contribution in [2.75, 3.05) is 6.54 Å². The molecule has 1 rings (SSSR count). The van der Waals surface area contributed by atoms with Crippen LogP contribution in [0.15, 0.2) is 28.5 Å². The summed E-state index contributed by atoms with van der Waals surface area (Å²) in [5.41, 5.74) is 1.90. The topological polar surface area (TPSA) is 53.5 Å². The highest BCUT2D eigenvalue weighted by Gasteiger charge is 2.12. The number of carbonyl (C=O) groups excluding carboxylic acids is 1. The van der Waals surface area contributed by atoms with Gasteiger partial charge in [0.15, 0.2) is 0 Å². The third kappa shape index (κ3) is 3.58. The number of carbonyl (C=O) groups is 1. The van der Waals surface area contributed by atoms with Crippen molar-refractivity contribution in [3.05, 3.63) is 23.5 Å². The van der Waals surface area contributed by atoms with E-state index >= 15 is 0 Å². The van der Waals surface area contributed by atoms with Gasteiger partial charge in [-0.1, -0.05) is 11.6 Å². The molecule has 1 heterocycles. The number of nitrogens with one attached hydrogen (secondary N) is 2. The highest BCUT2D eigenvalue weighted by Crippen LogP contribution is 2.00. The van der Waals surface area contributed by atoms with E-state index in [1.807, 2.05) is 33.0 Å². The maximum absolute atomic E-state index is 11.3. The van der Waals surface area contributed by atoms with Crippen LogP contribution in [0.25, 0.3) is 0 Å². The molecule has 0 aromatic carbocycles. The molecule has 0 aromatic heterocycles. The molecule has 1 amide bonds. The van der Waals surface area contributed by atoms with Crippen molar-refractivity contribution in [2.24, 2.45) is 4.99 Å². The van der Waals surface area contributed by atoms with Gasteiger partial charge in [0.25, 0.3) is 0 Å². The van der Waals surface area contributed by atoms with Crippen LogP contribution in [0.1, 0.15) is 27.2 Å². The molecule has 1 aliphatic heterocycles. The van der Waals surface area contributed by atoms with Crippen molar-refractivity contribution in [1.29, 1.82) is 0 Å². The Morgan fingerprint density at radius 1 is 1.53 bits per heavy atom. The zero-order valence-corrected chi connectivity index (χ0v) is 9.42. The number of hydrogen-bond donors (Lipinski definition) is 2. The molecule has 0 atom stereocenters. The van der Waals surface area contributed by atoms with E-state index in [1.54, 1.807) is 0 Å². The molecule has 15 heavy (non-hydrogen) atoms. The summed E-state index contributed by atoms with van der Waals surface area (Å²) in [7, 11) is 0. The van der Waals surface area contributed by atoms with E-state index in [1.165, 1.54) is 0 Å². The second-order valence-electron chi connectivity index (χ2n) is 3.60. The zero-order chi connectivity index (χ0) is 11.3. The Morgan fingerprint density at radius 2 is 2.27 bits per heavy atom. The molecular formula is C11H17N3O. The summed E-state index contributed by atoms with van der Waals surface area (Å²) >= 11 is 0. The molecule has 0 saturated heterocycles. The molecule has 1 aliphatic rings. The monoisotopic (exact) mass is 207 g/mol. The van der Waals surface area contributed by atoms with Gasteiger partial charge in [-0.05, 0) is 20.8 Å². The van der Waals surface area contributed by atoms with Crippen LogP contribution in [-0.4, -0.2) is 18.3 Å². The van der Waals surface area contributed by atoms with Gasteiger partial charge >= 0.3 is 0 Å². The van der Waals surface area contributed by atoms with Crippen LogP contribution in [0.3, 0.4) is 0 Å². The minimum absolute atomic E-state index is 0.0147. The van der Waals surface area contributed by atoms with Crippen LogP contribution < -0.4 is 10.6 Å². The first-order valence-electron chi connectivity index (χ1n) is 5.04. The molecule has 0 bridgehead atoms. The van der Waals surface area contributed by atoms with Crippen LogP contribution in [0, 0.1) is 0 Å². The number of rotatable bonds is 1. The first kappa shape index (κ1) is 11.5. The second-order valence-corrected chi connectivity index (χ2v) is 3.60. The second kappa shape index (κ2) is 5.34. The normalized spacial score (nSPS) is 19.0. The number of allylic oxidation sites excluding steroid dienone is 2. The number of nitrogens with zero attached hydrogens (tertiary/aromatic N) is 1. The summed E-state index contributed by atoms with van der Waals surface area (Å²) in [5.74, 6) is 0.741. The van der Waals surface area contributed by atoms with E-state index < -0.39 is 0 Å². The lowest BCUT2D eigenvalue weighted by molar-refractivity contribution is -0.119. The summed E-state index contributed by atoms with van der Waals surface area (Å²) in [5, 5.41) is 5.89. The predicted octanol–water partition coefficient (Wildman–Crippen LogP) is 1.32. The van der Waals surface area contributed by atoms with Crippen molar-refractivity contribution in [2.45, 2.75) is 27.2 Å². The van der Waals surface area contributed by atoms with Crippen molar-refractivity contribution in [1.82, 2.24) is 10.6 Å². The van der Waals surface area contributed by atoms with E-state index in [4.69, 9.17) is 0 Å². The van der Waals surface area contributed by atoms with Crippen LogP contribution >= 0.6 is 0 Å². The lowest BCUT2D eigenvalue weighted by Gasteiger charge is -2.08. The fourth-order valence-corrected chi connectivity index (χ4v) is 1.17. The fraction of sp³-hybridized carbons (Fsp3) is 0.455. The van der Waals surface area contributed by atoms with Gasteiger partial charge in [-0.3, -0.25) is 9.79 Å². The van der Waals surface area contributed by atoms with Crippen LogP contribution in [0.5, 0.6) is 0 Å². The smallest absolute Gasteiger partial charge is 0.226 e. The van der Waals surface area contributed by atoms with Crippen molar-refractivity contribution >= 4 is 11.7 Å². The number of amidine groups is 1. The summed E-state index contributed by atoms with van der Waals surface area (Å²) in [4.78, 5) is 15.6. The molecule has 0 unspecified atom stereocenters. The van der Waals surface area contributed by atoms with Gasteiger partial charge in [-0.25, -0.2) is 0 Å². The summed E-state index contributed by atoms with van der Waals surface area (Å²) in [6, 6.07) is 0. The number of amides is 1. The molecule has 0 radical (unpaired) electrons. The minimum atomic E-state index is 0.0147. The third-order valence-electron chi connectivity index (χ3n) is 1.92. The largest absolute Gasteiger partial charge is 0.345 e. The lowest BCUT2D eigenvalue weighted by atomic mass is 10.3. The molecule has 0 spiro atoms. The number of hydrogen-bond acceptors (Lipinski definition) is 3. The molecule has 0 fully saturated rings. The zero-order valence-electron chi connectivity index (χ0n) is 9.42. The van der Waals surface area contributed by atoms with Gasteiger partial charge in [0, 0.05) is 12.6 Å². The highest BCUT2D eigenvalue weighted by molar-refractivity contribution is 6.02. The Bertz CT molecular complexity index is 336. The molecular weight excluding hydrogens is 190 g/mol. The Labute approximate surface area is 90.2 Å². The van der Waals surface area contributed by atoms with Gasteiger partial charge in [-0.15, -0.1) is 0 Å². The first-order chi connectivity index (χ1) is 7.13. The van der Waals surface area contributed by atoms with Gasteiger partial charge in [0.1, 0.15) is 5.84 Å². The van der Waals surface area contributed by atoms with Gasteiger partial charge in [-0.2, -0.15) is 0 Å². The molecule has 4 heteroatoms. The van der Waals surface area contributed by atoms with Crippen molar-refractivity contribution in [3.63, 3.8) is 0 Å². The van der Waals surface area contributed by atoms with Crippen LogP contribution in [0.2, 0.25) is 0 Å². The summed E-state index contributed by atoms with van der Waals surface area (Å²) in [6.07, 6.45) is 4.16. The molecule has 82 valence electrons. The molecule has 4 nitrogen and oxygen atoms in total. The van der Waals surface area contributed by atoms with Gasteiger partial charge in [0.2, 0.25) is 5.91 Å². The maximum Gasteiger partial charge on any atom is 0.226 e. The standard InChI is InChI=1S/C11H17N3O/c1-4-9-11(13-7-8(2)3)12-6-5-10(15)14-9/h4,7H,5-6H2,1-3H3,(H,12,13)(H,14,15)/b9-4+. The Kier molecular flexibility index (Phi) is 4.09. The minimum Gasteiger partial charge on any atom is -0.345 e. The average molecular weight is 207 g/mol. The molecule has 0 aliphatic carbocycles. The predicted molar refractivity (Wildman–Crippen MR) is 61.4 cm³/mol. The quantitative estimate of drug-likeness (QED) is 0.681. The first-order valence-corrected chi connectivity index (χ1v) is 5.04. The van der Waals surface area contributed by atoms with Crippen LogP contribution in [-0.2, 0) is 4.79 Å². The van der Waals surface area contributed by atoms with E-state index in [0.29, 0.717) is 13.0 Å². The SMILES string of the molecule is C/C=C1/NC(=O)CCN=C1NC=C(C)C. The summed E-state index contributed by atoms with van der Waals surface area (Å²) < 4.78 is 0. The van der Waals surface area contributed by atoms with Gasteiger partial charge in [0.05, 0.1) is 12.2 Å². The van der Waals surface area contributed by atoms with Crippen LogP contribution in [0.4, 0.5) is 0 Å². The maximum atomic E-state index is 11.3. The van der Waals surface area contributed by atoms with E-state index in [9.17, 15) is 4.79 Å². The van der Waals surface area contributed by atoms with E-state index in [-0.39, 0.29) is 5.91 Å². The highest BCUT2D eigenvalue weighted by atomic mass is 16.1. The van der Waals surface area contributed by atoms with Crippen molar-refractivity contribution in [3.8, 4) is 0 Å². The van der Waals surface area contributed by atoms with Gasteiger partial charge < -0.3 is 10.6 Å². The molecule has 2 N–H and O–H groups in total. The van der Waals surface area contributed by atoms with Crippen molar-refractivity contribution < 1.29 is 4.79 Å². The Hall–Kier alpha value is -1.58. The fourth-order valence-electron chi connectivity index (χ4n) is 1.17. The molecule has 0 aromatic rings. The van der Waals surface area contributed by atoms with E-state index in [0.717, 1.165) is 17.1 Å². The lowest BCUT2D eigenvalue weighted by Crippen LogP contribution is -2.30. The molecule has 0 saturated carbocycles. The average Bonchev–Trinajstić information content (AvgIpc) is 2.36.